The standard InChI is InChI=1S/C22H25N3O4/c1-16-15-25(18-5-3-2-4-6-18)23-19(16)20(26)24-11-7-17(8-12-24)22(21(27)28)9-13-29-14-10-22/h2-7,15H,8-14H2,1H3,(H,27,28). The molecule has 2 aliphatic rings. The number of carbonyl (C=O) groups is 2. The van der Waals surface area contributed by atoms with E-state index in [4.69, 9.17) is 4.74 Å². The van der Waals surface area contributed by atoms with E-state index in [9.17, 15) is 14.7 Å². The Bertz CT molecular complexity index is 942. The zero-order chi connectivity index (χ0) is 20.4. The van der Waals surface area contributed by atoms with E-state index in [1.54, 1.807) is 9.58 Å². The lowest BCUT2D eigenvalue weighted by atomic mass is 9.71. The van der Waals surface area contributed by atoms with E-state index in [0.717, 1.165) is 16.8 Å². The molecule has 1 aromatic heterocycles. The third-order valence-electron chi connectivity index (χ3n) is 5.99. The number of hydrogen-bond acceptors (Lipinski definition) is 4. The number of ether oxygens (including phenoxy) is 1. The second-order valence-electron chi connectivity index (χ2n) is 7.67. The number of benzene rings is 1. The van der Waals surface area contributed by atoms with Gasteiger partial charge in [-0.05, 0) is 38.3 Å². The summed E-state index contributed by atoms with van der Waals surface area (Å²) in [5.74, 6) is -0.909. The molecule has 1 saturated heterocycles. The first-order chi connectivity index (χ1) is 14.0. The Morgan fingerprint density at radius 3 is 2.52 bits per heavy atom. The zero-order valence-electron chi connectivity index (χ0n) is 16.5. The molecule has 4 rings (SSSR count). The van der Waals surface area contributed by atoms with Gasteiger partial charge in [0, 0.05) is 38.1 Å². The Kier molecular flexibility index (Phi) is 5.24. The molecule has 0 unspecified atom stereocenters. The molecule has 152 valence electrons. The van der Waals surface area contributed by atoms with Gasteiger partial charge in [0.1, 0.15) is 0 Å². The van der Waals surface area contributed by atoms with Crippen LogP contribution in [0.5, 0.6) is 0 Å². The highest BCUT2D eigenvalue weighted by Crippen LogP contribution is 2.41. The Balaban J connectivity index is 1.52. The predicted octanol–water partition coefficient (Wildman–Crippen LogP) is 2.83. The van der Waals surface area contributed by atoms with Crippen molar-refractivity contribution in [1.82, 2.24) is 14.7 Å². The van der Waals surface area contributed by atoms with Crippen molar-refractivity contribution in [1.29, 1.82) is 0 Å². The van der Waals surface area contributed by atoms with E-state index < -0.39 is 11.4 Å². The van der Waals surface area contributed by atoms with Crippen LogP contribution in [0.4, 0.5) is 0 Å². The second-order valence-corrected chi connectivity index (χ2v) is 7.67. The van der Waals surface area contributed by atoms with Gasteiger partial charge in [-0.25, -0.2) is 4.68 Å². The molecule has 7 nitrogen and oxygen atoms in total. The minimum absolute atomic E-state index is 0.121. The highest BCUT2D eigenvalue weighted by atomic mass is 16.5. The van der Waals surface area contributed by atoms with E-state index >= 15 is 0 Å². The van der Waals surface area contributed by atoms with Crippen molar-refractivity contribution in [3.8, 4) is 5.69 Å². The fourth-order valence-electron chi connectivity index (χ4n) is 4.21. The Labute approximate surface area is 169 Å². The molecule has 1 aromatic carbocycles. The van der Waals surface area contributed by atoms with Gasteiger partial charge in [0.2, 0.25) is 0 Å². The second kappa shape index (κ2) is 7.83. The topological polar surface area (TPSA) is 84.7 Å². The van der Waals surface area contributed by atoms with E-state index in [2.05, 4.69) is 5.10 Å². The summed E-state index contributed by atoms with van der Waals surface area (Å²) in [5.41, 5.74) is 2.23. The van der Waals surface area contributed by atoms with E-state index in [-0.39, 0.29) is 5.91 Å². The number of aromatic nitrogens is 2. The summed E-state index contributed by atoms with van der Waals surface area (Å²) in [7, 11) is 0. The normalized spacial score (nSPS) is 18.9. The molecule has 3 heterocycles. The fourth-order valence-corrected chi connectivity index (χ4v) is 4.21. The van der Waals surface area contributed by atoms with Gasteiger partial charge in [-0.15, -0.1) is 0 Å². The SMILES string of the molecule is Cc1cn(-c2ccccc2)nc1C(=O)N1CC=C(C2(C(=O)O)CCOCC2)CC1. The summed E-state index contributed by atoms with van der Waals surface area (Å²) in [4.78, 5) is 26.8. The summed E-state index contributed by atoms with van der Waals surface area (Å²) < 4.78 is 7.09. The van der Waals surface area contributed by atoms with Gasteiger partial charge in [0.15, 0.2) is 5.69 Å². The molecule has 1 amide bonds. The molecule has 0 spiro atoms. The van der Waals surface area contributed by atoms with Crippen molar-refractivity contribution in [3.63, 3.8) is 0 Å². The average molecular weight is 395 g/mol. The maximum Gasteiger partial charge on any atom is 0.313 e. The molecular formula is C22H25N3O4. The summed E-state index contributed by atoms with van der Waals surface area (Å²) in [6.45, 7) is 3.71. The van der Waals surface area contributed by atoms with Gasteiger partial charge in [0.25, 0.3) is 5.91 Å². The number of aryl methyl sites for hydroxylation is 1. The molecule has 29 heavy (non-hydrogen) atoms. The van der Waals surface area contributed by atoms with Gasteiger partial charge in [0.05, 0.1) is 11.1 Å². The van der Waals surface area contributed by atoms with Crippen LogP contribution in [0.2, 0.25) is 0 Å². The lowest BCUT2D eigenvalue weighted by Crippen LogP contribution is -2.43. The monoisotopic (exact) mass is 395 g/mol. The minimum Gasteiger partial charge on any atom is -0.481 e. The van der Waals surface area contributed by atoms with Crippen LogP contribution in [-0.4, -0.2) is 58.0 Å². The lowest BCUT2D eigenvalue weighted by molar-refractivity contribution is -0.151. The number of aliphatic carboxylic acids is 1. The zero-order valence-corrected chi connectivity index (χ0v) is 16.5. The van der Waals surface area contributed by atoms with Gasteiger partial charge >= 0.3 is 5.97 Å². The van der Waals surface area contributed by atoms with Crippen molar-refractivity contribution >= 4 is 11.9 Å². The van der Waals surface area contributed by atoms with Crippen LogP contribution in [-0.2, 0) is 9.53 Å². The number of nitrogens with zero attached hydrogens (tertiary/aromatic N) is 3. The highest BCUT2D eigenvalue weighted by Gasteiger charge is 2.44. The third kappa shape index (κ3) is 3.58. The summed E-state index contributed by atoms with van der Waals surface area (Å²) in [5, 5.41) is 14.4. The van der Waals surface area contributed by atoms with Crippen molar-refractivity contribution in [2.45, 2.75) is 26.2 Å². The van der Waals surface area contributed by atoms with Crippen LogP contribution in [0, 0.1) is 12.3 Å². The molecule has 0 radical (unpaired) electrons. The average Bonchev–Trinajstić information content (AvgIpc) is 3.16. The summed E-state index contributed by atoms with van der Waals surface area (Å²) in [6.07, 6.45) is 5.32. The van der Waals surface area contributed by atoms with Crippen LogP contribution >= 0.6 is 0 Å². The molecule has 1 N–H and O–H groups in total. The minimum atomic E-state index is -0.849. The predicted molar refractivity (Wildman–Crippen MR) is 107 cm³/mol. The molecule has 2 aliphatic heterocycles. The van der Waals surface area contributed by atoms with Gasteiger partial charge < -0.3 is 14.7 Å². The van der Waals surface area contributed by atoms with Crippen molar-refractivity contribution in [3.05, 3.63) is 59.4 Å². The molecule has 7 heteroatoms. The van der Waals surface area contributed by atoms with Crippen LogP contribution < -0.4 is 0 Å². The van der Waals surface area contributed by atoms with Crippen LogP contribution in [0.3, 0.4) is 0 Å². The molecule has 0 aliphatic carbocycles. The number of hydrogen-bond donors (Lipinski definition) is 1. The van der Waals surface area contributed by atoms with Crippen LogP contribution in [0.15, 0.2) is 48.2 Å². The van der Waals surface area contributed by atoms with Crippen LogP contribution in [0.25, 0.3) is 5.69 Å². The Morgan fingerprint density at radius 1 is 1.17 bits per heavy atom. The maximum atomic E-state index is 13.0. The van der Waals surface area contributed by atoms with Gasteiger partial charge in [-0.1, -0.05) is 29.8 Å². The smallest absolute Gasteiger partial charge is 0.313 e. The number of amides is 1. The first-order valence-electron chi connectivity index (χ1n) is 9.93. The van der Waals surface area contributed by atoms with E-state index in [1.165, 1.54) is 0 Å². The highest BCUT2D eigenvalue weighted by molar-refractivity contribution is 5.94. The lowest BCUT2D eigenvalue weighted by Gasteiger charge is -2.38. The van der Waals surface area contributed by atoms with Crippen molar-refractivity contribution < 1.29 is 19.4 Å². The quantitative estimate of drug-likeness (QED) is 0.805. The molecule has 0 bridgehead atoms. The summed E-state index contributed by atoms with van der Waals surface area (Å²) >= 11 is 0. The molecule has 0 atom stereocenters. The molecule has 0 saturated carbocycles. The van der Waals surface area contributed by atoms with E-state index in [0.29, 0.717) is 51.3 Å². The first-order valence-corrected chi connectivity index (χ1v) is 9.93. The number of carboxylic acids is 1. The summed E-state index contributed by atoms with van der Waals surface area (Å²) in [6, 6.07) is 9.68. The Morgan fingerprint density at radius 2 is 1.90 bits per heavy atom. The fraction of sp³-hybridized carbons (Fsp3) is 0.409. The van der Waals surface area contributed by atoms with Gasteiger partial charge in [-0.2, -0.15) is 5.10 Å². The molecule has 2 aromatic rings. The molecular weight excluding hydrogens is 370 g/mol. The first kappa shape index (κ1) is 19.4. The van der Waals surface area contributed by atoms with Crippen LogP contribution in [0.1, 0.15) is 35.3 Å². The molecule has 1 fully saturated rings. The van der Waals surface area contributed by atoms with E-state index in [1.807, 2.05) is 49.5 Å². The largest absolute Gasteiger partial charge is 0.481 e. The number of carboxylic acid groups (broad SMARTS) is 1. The van der Waals surface area contributed by atoms with Crippen molar-refractivity contribution in [2.24, 2.45) is 5.41 Å². The Hall–Kier alpha value is -2.93. The number of carbonyl (C=O) groups excluding carboxylic acids is 1. The van der Waals surface area contributed by atoms with Crippen molar-refractivity contribution in [2.75, 3.05) is 26.3 Å². The maximum absolute atomic E-state index is 13.0. The number of para-hydroxylation sites is 1. The third-order valence-corrected chi connectivity index (χ3v) is 5.99. The van der Waals surface area contributed by atoms with Gasteiger partial charge in [-0.3, -0.25) is 9.59 Å². The number of rotatable bonds is 4.